The van der Waals surface area contributed by atoms with Crippen LogP contribution in [0, 0.1) is 20.8 Å². The van der Waals surface area contributed by atoms with Gasteiger partial charge in [0.1, 0.15) is 0 Å². The Kier molecular flexibility index (Phi) is 5.08. The van der Waals surface area contributed by atoms with E-state index < -0.39 is 10.0 Å². The molecule has 26 heavy (non-hydrogen) atoms. The number of hydrogen-bond donors (Lipinski definition) is 0. The van der Waals surface area contributed by atoms with Crippen LogP contribution in [0.1, 0.15) is 16.7 Å². The van der Waals surface area contributed by atoms with Gasteiger partial charge in [-0.25, -0.2) is 12.7 Å². The van der Waals surface area contributed by atoms with Crippen molar-refractivity contribution in [1.82, 2.24) is 0 Å². The number of benzene rings is 3. The summed E-state index contributed by atoms with van der Waals surface area (Å²) in [5, 5.41) is 0.498. The van der Waals surface area contributed by atoms with E-state index in [0.29, 0.717) is 16.4 Å². The number of anilines is 2. The molecule has 134 valence electrons. The first-order chi connectivity index (χ1) is 12.3. The Morgan fingerprint density at radius 3 is 1.88 bits per heavy atom. The van der Waals surface area contributed by atoms with Crippen molar-refractivity contribution >= 4 is 33.0 Å². The van der Waals surface area contributed by atoms with E-state index in [4.69, 9.17) is 11.6 Å². The molecule has 0 spiro atoms. The van der Waals surface area contributed by atoms with Crippen molar-refractivity contribution in [2.75, 3.05) is 4.31 Å². The van der Waals surface area contributed by atoms with Crippen LogP contribution in [-0.2, 0) is 10.0 Å². The average molecular weight is 386 g/mol. The van der Waals surface area contributed by atoms with Gasteiger partial charge in [-0.2, -0.15) is 0 Å². The van der Waals surface area contributed by atoms with E-state index in [1.165, 1.54) is 16.4 Å². The molecule has 0 atom stereocenters. The molecule has 0 amide bonds. The van der Waals surface area contributed by atoms with Gasteiger partial charge in [0, 0.05) is 5.02 Å². The van der Waals surface area contributed by atoms with Gasteiger partial charge < -0.3 is 0 Å². The molecule has 0 radical (unpaired) electrons. The Morgan fingerprint density at radius 1 is 0.808 bits per heavy atom. The smallest absolute Gasteiger partial charge is 0.234 e. The zero-order valence-corrected chi connectivity index (χ0v) is 16.5. The number of para-hydroxylation sites is 1. The van der Waals surface area contributed by atoms with Crippen molar-refractivity contribution in [3.05, 3.63) is 88.4 Å². The van der Waals surface area contributed by atoms with E-state index in [1.807, 2.05) is 51.1 Å². The quantitative estimate of drug-likeness (QED) is 0.569. The highest BCUT2D eigenvalue weighted by atomic mass is 35.5. The van der Waals surface area contributed by atoms with Crippen LogP contribution < -0.4 is 4.31 Å². The third-order valence-electron chi connectivity index (χ3n) is 4.18. The highest BCUT2D eigenvalue weighted by Gasteiger charge is 2.29. The molecule has 0 saturated carbocycles. The van der Waals surface area contributed by atoms with E-state index in [2.05, 4.69) is 0 Å². The van der Waals surface area contributed by atoms with Gasteiger partial charge in [0.05, 0.1) is 16.3 Å². The monoisotopic (exact) mass is 385 g/mol. The summed E-state index contributed by atoms with van der Waals surface area (Å²) in [5.41, 5.74) is 4.18. The summed E-state index contributed by atoms with van der Waals surface area (Å²) in [6, 6.07) is 19.4. The molecule has 0 fully saturated rings. The predicted molar refractivity (Wildman–Crippen MR) is 108 cm³/mol. The molecular formula is C21H20ClNO2S. The summed E-state index contributed by atoms with van der Waals surface area (Å²) in [4.78, 5) is 0.199. The molecule has 0 bridgehead atoms. The van der Waals surface area contributed by atoms with Crippen molar-refractivity contribution in [2.24, 2.45) is 0 Å². The predicted octanol–water partition coefficient (Wildman–Crippen LogP) is 5.79. The van der Waals surface area contributed by atoms with Crippen molar-refractivity contribution in [3.8, 4) is 0 Å². The minimum Gasteiger partial charge on any atom is -0.234 e. The van der Waals surface area contributed by atoms with Crippen LogP contribution >= 0.6 is 11.6 Å². The Morgan fingerprint density at radius 2 is 1.35 bits per heavy atom. The summed E-state index contributed by atoms with van der Waals surface area (Å²) in [5.74, 6) is 0. The fourth-order valence-corrected chi connectivity index (χ4v) is 4.90. The van der Waals surface area contributed by atoms with E-state index >= 15 is 0 Å². The molecule has 0 aliphatic carbocycles. The van der Waals surface area contributed by atoms with Crippen LogP contribution in [-0.4, -0.2) is 8.42 Å². The molecule has 3 rings (SSSR count). The minimum atomic E-state index is -3.81. The molecule has 0 N–H and O–H groups in total. The SMILES string of the molecule is Cc1cc(C)c(N(c2ccccc2)S(=O)(=O)c2ccc(Cl)cc2)c(C)c1. The normalized spacial score (nSPS) is 11.4. The van der Waals surface area contributed by atoms with Gasteiger partial charge in [-0.15, -0.1) is 0 Å². The first-order valence-corrected chi connectivity index (χ1v) is 10.1. The highest BCUT2D eigenvalue weighted by molar-refractivity contribution is 7.93. The van der Waals surface area contributed by atoms with E-state index in [9.17, 15) is 8.42 Å². The van der Waals surface area contributed by atoms with Gasteiger partial charge >= 0.3 is 0 Å². The van der Waals surface area contributed by atoms with Gasteiger partial charge in [0.2, 0.25) is 0 Å². The van der Waals surface area contributed by atoms with Gasteiger partial charge in [0.15, 0.2) is 0 Å². The van der Waals surface area contributed by atoms with Gasteiger partial charge in [-0.1, -0.05) is 47.5 Å². The zero-order valence-electron chi connectivity index (χ0n) is 14.9. The lowest BCUT2D eigenvalue weighted by atomic mass is 10.0. The number of hydrogen-bond acceptors (Lipinski definition) is 2. The largest absolute Gasteiger partial charge is 0.268 e. The second-order valence-electron chi connectivity index (χ2n) is 6.31. The lowest BCUT2D eigenvalue weighted by Crippen LogP contribution is -2.27. The van der Waals surface area contributed by atoms with Crippen molar-refractivity contribution in [3.63, 3.8) is 0 Å². The third-order valence-corrected chi connectivity index (χ3v) is 6.18. The van der Waals surface area contributed by atoms with Crippen LogP contribution in [0.2, 0.25) is 5.02 Å². The van der Waals surface area contributed by atoms with Crippen LogP contribution in [0.3, 0.4) is 0 Å². The third kappa shape index (κ3) is 3.48. The fraction of sp³-hybridized carbons (Fsp3) is 0.143. The lowest BCUT2D eigenvalue weighted by Gasteiger charge is -2.28. The molecule has 0 heterocycles. The summed E-state index contributed by atoms with van der Waals surface area (Å²) < 4.78 is 28.5. The Hall–Kier alpha value is -2.30. The van der Waals surface area contributed by atoms with Crippen LogP contribution in [0.5, 0.6) is 0 Å². The molecule has 3 aromatic rings. The number of sulfonamides is 1. The van der Waals surface area contributed by atoms with Crippen LogP contribution in [0.4, 0.5) is 11.4 Å². The van der Waals surface area contributed by atoms with Crippen molar-refractivity contribution < 1.29 is 8.42 Å². The molecule has 0 aliphatic heterocycles. The first-order valence-electron chi connectivity index (χ1n) is 8.24. The summed E-state index contributed by atoms with van der Waals surface area (Å²) in [6.45, 7) is 5.87. The van der Waals surface area contributed by atoms with E-state index in [1.54, 1.807) is 24.3 Å². The molecule has 0 unspecified atom stereocenters. The zero-order chi connectivity index (χ0) is 18.9. The maximum atomic E-state index is 13.5. The average Bonchev–Trinajstić information content (AvgIpc) is 2.59. The molecular weight excluding hydrogens is 366 g/mol. The molecule has 0 aliphatic rings. The number of halogens is 1. The van der Waals surface area contributed by atoms with Crippen molar-refractivity contribution in [2.45, 2.75) is 25.7 Å². The highest BCUT2D eigenvalue weighted by Crippen LogP contribution is 2.37. The van der Waals surface area contributed by atoms with Crippen LogP contribution in [0.15, 0.2) is 71.6 Å². The Labute approximate surface area is 159 Å². The first kappa shape index (κ1) is 18.5. The number of nitrogens with zero attached hydrogens (tertiary/aromatic N) is 1. The summed E-state index contributed by atoms with van der Waals surface area (Å²) >= 11 is 5.93. The number of aryl methyl sites for hydroxylation is 3. The van der Waals surface area contributed by atoms with Gasteiger partial charge in [0.25, 0.3) is 10.0 Å². The fourth-order valence-electron chi connectivity index (χ4n) is 3.16. The molecule has 3 aromatic carbocycles. The minimum absolute atomic E-state index is 0.199. The summed E-state index contributed by atoms with van der Waals surface area (Å²) in [6.07, 6.45) is 0. The molecule has 0 aromatic heterocycles. The standard InChI is InChI=1S/C21H20ClNO2S/c1-15-13-16(2)21(17(3)14-15)23(19-7-5-4-6-8-19)26(24,25)20-11-9-18(22)10-12-20/h4-14H,1-3H3. The number of rotatable bonds is 4. The van der Waals surface area contributed by atoms with Gasteiger partial charge in [-0.05, 0) is 68.3 Å². The van der Waals surface area contributed by atoms with E-state index in [0.717, 1.165) is 16.7 Å². The maximum absolute atomic E-state index is 13.5. The maximum Gasteiger partial charge on any atom is 0.268 e. The molecule has 3 nitrogen and oxygen atoms in total. The second-order valence-corrected chi connectivity index (χ2v) is 8.53. The summed E-state index contributed by atoms with van der Waals surface area (Å²) in [7, 11) is -3.81. The molecule has 0 saturated heterocycles. The van der Waals surface area contributed by atoms with E-state index in [-0.39, 0.29) is 4.90 Å². The Bertz CT molecular complexity index is 1010. The topological polar surface area (TPSA) is 37.4 Å². The molecule has 5 heteroatoms. The van der Waals surface area contributed by atoms with Crippen molar-refractivity contribution in [1.29, 1.82) is 0 Å². The second kappa shape index (κ2) is 7.14. The lowest BCUT2D eigenvalue weighted by molar-refractivity contribution is 0.596. The Balaban J connectivity index is 2.28. The van der Waals surface area contributed by atoms with Crippen LogP contribution in [0.25, 0.3) is 0 Å². The van der Waals surface area contributed by atoms with Gasteiger partial charge in [-0.3, -0.25) is 0 Å².